The predicted molar refractivity (Wildman–Crippen MR) is 100 cm³/mol. The van der Waals surface area contributed by atoms with Crippen LogP contribution < -0.4 is 4.74 Å². The first kappa shape index (κ1) is 19.5. The van der Waals surface area contributed by atoms with Crippen molar-refractivity contribution in [1.29, 1.82) is 0 Å². The Bertz CT molecular complexity index is 320. The van der Waals surface area contributed by atoms with Crippen molar-refractivity contribution in [2.75, 3.05) is 6.61 Å². The number of unbranched alkanes of at least 4 members (excludes halogenated alkanes) is 9. The van der Waals surface area contributed by atoms with Gasteiger partial charge in [-0.3, -0.25) is 0 Å². The topological polar surface area (TPSA) is 9.23 Å². The second-order valence-electron chi connectivity index (χ2n) is 6.67. The van der Waals surface area contributed by atoms with Gasteiger partial charge in [0.2, 0.25) is 0 Å². The summed E-state index contributed by atoms with van der Waals surface area (Å²) in [4.78, 5) is 0. The van der Waals surface area contributed by atoms with Crippen molar-refractivity contribution in [2.45, 2.75) is 90.9 Å². The Kier molecular flexibility index (Phi) is 12.5. The molecule has 0 aliphatic rings. The molecule has 0 radical (unpaired) electrons. The second kappa shape index (κ2) is 14.1. The molecule has 2 heteroatoms. The molecule has 0 spiro atoms. The Morgan fingerprint density at radius 2 is 1.55 bits per heavy atom. The molecule has 0 aliphatic heterocycles. The predicted octanol–water partition coefficient (Wildman–Crippen LogP) is 7.46. The molecule has 128 valence electrons. The standard InChI is InChI=1S/C20H36OS/c1-3-4-5-6-7-8-9-10-11-12-13-19(2)14-16-21-20-15-17-22-18-20/h15,17-19H,3-14,16H2,1-2H3. The lowest BCUT2D eigenvalue weighted by Gasteiger charge is -2.11. The third-order valence-electron chi connectivity index (χ3n) is 4.42. The number of hydrogen-bond donors (Lipinski definition) is 0. The first-order chi connectivity index (χ1) is 10.8. The van der Waals surface area contributed by atoms with Crippen LogP contribution in [0, 0.1) is 5.92 Å². The van der Waals surface area contributed by atoms with Gasteiger partial charge in [0.15, 0.2) is 0 Å². The molecule has 0 fully saturated rings. The van der Waals surface area contributed by atoms with Crippen molar-refractivity contribution in [1.82, 2.24) is 0 Å². The Hall–Kier alpha value is -0.500. The first-order valence-electron chi connectivity index (χ1n) is 9.48. The van der Waals surface area contributed by atoms with E-state index in [-0.39, 0.29) is 0 Å². The van der Waals surface area contributed by atoms with Gasteiger partial charge in [-0.1, -0.05) is 84.5 Å². The fourth-order valence-electron chi connectivity index (χ4n) is 2.84. The summed E-state index contributed by atoms with van der Waals surface area (Å²) in [7, 11) is 0. The minimum absolute atomic E-state index is 0.799. The van der Waals surface area contributed by atoms with Crippen LogP contribution in [0.2, 0.25) is 0 Å². The average molecular weight is 325 g/mol. The molecule has 1 atom stereocenters. The molecule has 1 aromatic rings. The molecule has 22 heavy (non-hydrogen) atoms. The van der Waals surface area contributed by atoms with E-state index in [1.807, 2.05) is 0 Å². The summed E-state index contributed by atoms with van der Waals surface area (Å²) in [6, 6.07) is 2.05. The van der Waals surface area contributed by atoms with Gasteiger partial charge in [0.25, 0.3) is 0 Å². The van der Waals surface area contributed by atoms with E-state index in [4.69, 9.17) is 4.74 Å². The average Bonchev–Trinajstić information content (AvgIpc) is 3.02. The fraction of sp³-hybridized carbons (Fsp3) is 0.800. The molecule has 0 saturated carbocycles. The number of hydrogen-bond acceptors (Lipinski definition) is 2. The van der Waals surface area contributed by atoms with E-state index in [0.29, 0.717) is 0 Å². The SMILES string of the molecule is CCCCCCCCCCCCC(C)CCOc1ccsc1. The summed E-state index contributed by atoms with van der Waals surface area (Å²) in [5.41, 5.74) is 0. The van der Waals surface area contributed by atoms with E-state index >= 15 is 0 Å². The zero-order chi connectivity index (χ0) is 15.9. The molecule has 1 heterocycles. The van der Waals surface area contributed by atoms with Crippen molar-refractivity contribution in [3.05, 3.63) is 16.8 Å². The van der Waals surface area contributed by atoms with Crippen LogP contribution in [0.25, 0.3) is 0 Å². The molecule has 1 rings (SSSR count). The largest absolute Gasteiger partial charge is 0.493 e. The van der Waals surface area contributed by atoms with Crippen molar-refractivity contribution in [3.63, 3.8) is 0 Å². The van der Waals surface area contributed by atoms with Crippen molar-refractivity contribution >= 4 is 11.3 Å². The normalized spacial score (nSPS) is 12.5. The first-order valence-corrected chi connectivity index (χ1v) is 10.4. The van der Waals surface area contributed by atoms with Gasteiger partial charge in [0.05, 0.1) is 6.61 Å². The van der Waals surface area contributed by atoms with Gasteiger partial charge in [-0.05, 0) is 23.8 Å². The summed E-state index contributed by atoms with van der Waals surface area (Å²) >= 11 is 1.70. The molecule has 1 aromatic heterocycles. The van der Waals surface area contributed by atoms with Gasteiger partial charge in [0, 0.05) is 5.38 Å². The summed E-state index contributed by atoms with van der Waals surface area (Å²) in [6.45, 7) is 5.52. The molecule has 0 aromatic carbocycles. The molecule has 0 aliphatic carbocycles. The van der Waals surface area contributed by atoms with Crippen LogP contribution in [0.4, 0.5) is 0 Å². The third-order valence-corrected chi connectivity index (χ3v) is 5.09. The fourth-order valence-corrected chi connectivity index (χ4v) is 3.41. The number of rotatable bonds is 15. The van der Waals surface area contributed by atoms with Crippen LogP contribution in [0.5, 0.6) is 5.75 Å². The van der Waals surface area contributed by atoms with E-state index < -0.39 is 0 Å². The van der Waals surface area contributed by atoms with Crippen LogP contribution >= 0.6 is 11.3 Å². The van der Waals surface area contributed by atoms with Gasteiger partial charge in [-0.15, -0.1) is 11.3 Å². The molecule has 0 N–H and O–H groups in total. The Labute approximate surface area is 142 Å². The van der Waals surface area contributed by atoms with Gasteiger partial charge >= 0.3 is 0 Å². The highest BCUT2D eigenvalue weighted by molar-refractivity contribution is 7.08. The van der Waals surface area contributed by atoms with Crippen LogP contribution in [0.15, 0.2) is 16.8 Å². The maximum absolute atomic E-state index is 5.73. The van der Waals surface area contributed by atoms with E-state index in [1.165, 1.54) is 77.0 Å². The highest BCUT2D eigenvalue weighted by atomic mass is 32.1. The minimum Gasteiger partial charge on any atom is -0.493 e. The molecule has 0 bridgehead atoms. The summed E-state index contributed by atoms with van der Waals surface area (Å²) in [5, 5.41) is 4.15. The minimum atomic E-state index is 0.799. The van der Waals surface area contributed by atoms with Gasteiger partial charge in [0.1, 0.15) is 5.75 Å². The lowest BCUT2D eigenvalue weighted by Crippen LogP contribution is -2.03. The lowest BCUT2D eigenvalue weighted by molar-refractivity contribution is 0.277. The van der Waals surface area contributed by atoms with Crippen LogP contribution in [0.1, 0.15) is 90.9 Å². The summed E-state index contributed by atoms with van der Waals surface area (Å²) in [6.07, 6.45) is 16.8. The van der Waals surface area contributed by atoms with Gasteiger partial charge in [-0.25, -0.2) is 0 Å². The van der Waals surface area contributed by atoms with Crippen LogP contribution in [0.3, 0.4) is 0 Å². The quantitative estimate of drug-likeness (QED) is 0.304. The Morgan fingerprint density at radius 3 is 2.14 bits per heavy atom. The monoisotopic (exact) mass is 324 g/mol. The van der Waals surface area contributed by atoms with Crippen molar-refractivity contribution in [2.24, 2.45) is 5.92 Å². The zero-order valence-corrected chi connectivity index (χ0v) is 15.6. The molecule has 1 nitrogen and oxygen atoms in total. The van der Waals surface area contributed by atoms with E-state index in [9.17, 15) is 0 Å². The highest BCUT2D eigenvalue weighted by Gasteiger charge is 2.03. The van der Waals surface area contributed by atoms with E-state index in [0.717, 1.165) is 18.3 Å². The summed E-state index contributed by atoms with van der Waals surface area (Å²) < 4.78 is 5.73. The molecular weight excluding hydrogens is 288 g/mol. The zero-order valence-electron chi connectivity index (χ0n) is 14.8. The maximum atomic E-state index is 5.73. The lowest BCUT2D eigenvalue weighted by atomic mass is 9.99. The van der Waals surface area contributed by atoms with Gasteiger partial charge < -0.3 is 4.74 Å². The number of ether oxygens (including phenoxy) is 1. The molecular formula is C20H36OS. The number of thiophene rings is 1. The van der Waals surface area contributed by atoms with Crippen LogP contribution in [-0.4, -0.2) is 6.61 Å². The smallest absolute Gasteiger partial charge is 0.129 e. The Balaban J connectivity index is 1.79. The highest BCUT2D eigenvalue weighted by Crippen LogP contribution is 2.18. The van der Waals surface area contributed by atoms with Crippen LogP contribution in [-0.2, 0) is 0 Å². The Morgan fingerprint density at radius 1 is 0.909 bits per heavy atom. The molecule has 0 saturated heterocycles. The van der Waals surface area contributed by atoms with E-state index in [2.05, 4.69) is 30.7 Å². The van der Waals surface area contributed by atoms with Crippen molar-refractivity contribution in [3.8, 4) is 5.75 Å². The maximum Gasteiger partial charge on any atom is 0.129 e. The van der Waals surface area contributed by atoms with Gasteiger partial charge in [-0.2, -0.15) is 0 Å². The molecule has 1 unspecified atom stereocenters. The van der Waals surface area contributed by atoms with E-state index in [1.54, 1.807) is 11.3 Å². The van der Waals surface area contributed by atoms with Crippen molar-refractivity contribution < 1.29 is 4.74 Å². The third kappa shape index (κ3) is 11.1. The molecule has 0 amide bonds. The second-order valence-corrected chi connectivity index (χ2v) is 7.45. The summed E-state index contributed by atoms with van der Waals surface area (Å²) in [5.74, 6) is 1.84.